The Balaban J connectivity index is 1.47. The number of carbonyl (C=O) groups excluding carboxylic acids is 3. The van der Waals surface area contributed by atoms with Gasteiger partial charge in [0, 0.05) is 34.5 Å². The summed E-state index contributed by atoms with van der Waals surface area (Å²) >= 11 is 2.78. The highest BCUT2D eigenvalue weighted by atomic mass is 32.2. The topological polar surface area (TPSA) is 140 Å². The second-order valence-corrected chi connectivity index (χ2v) is 9.46. The van der Waals surface area contributed by atoms with E-state index in [0.717, 1.165) is 0 Å². The number of aliphatic hydroxyl groups excluding tert-OH is 1. The van der Waals surface area contributed by atoms with Crippen LogP contribution in [0.25, 0.3) is 0 Å². The van der Waals surface area contributed by atoms with Gasteiger partial charge in [0.1, 0.15) is 5.69 Å². The lowest BCUT2D eigenvalue weighted by atomic mass is 9.79. The molecule has 1 aromatic heterocycles. The van der Waals surface area contributed by atoms with Crippen molar-refractivity contribution in [2.24, 2.45) is 17.6 Å². The van der Waals surface area contributed by atoms with Crippen molar-refractivity contribution in [1.82, 2.24) is 9.88 Å². The van der Waals surface area contributed by atoms with Gasteiger partial charge in [-0.3, -0.25) is 9.59 Å². The third-order valence-electron chi connectivity index (χ3n) is 5.46. The molecule has 0 spiro atoms. The molecule has 2 saturated heterocycles. The number of rotatable bonds is 6. The molecule has 3 N–H and O–H groups in total. The normalized spacial score (nSPS) is 28.1. The Bertz CT molecular complexity index is 892. The number of primary amides is 1. The Morgan fingerprint density at radius 2 is 2.14 bits per heavy atom. The smallest absolute Gasteiger partial charge is 0.268 e. The van der Waals surface area contributed by atoms with Crippen LogP contribution in [0.2, 0.25) is 0 Å². The summed E-state index contributed by atoms with van der Waals surface area (Å²) in [6.07, 6.45) is -0.827. The van der Waals surface area contributed by atoms with Crippen LogP contribution < -0.4 is 15.7 Å². The van der Waals surface area contributed by atoms with Crippen molar-refractivity contribution in [3.05, 3.63) is 21.7 Å². The number of fused-ring (bicyclic) bond motifs is 1. The van der Waals surface area contributed by atoms with Gasteiger partial charge in [-0.2, -0.15) is 0 Å². The molecule has 28 heavy (non-hydrogen) atoms. The van der Waals surface area contributed by atoms with E-state index >= 15 is 0 Å². The molecule has 9 nitrogen and oxygen atoms in total. The number of carboxylic acid groups (broad SMARTS) is 1. The van der Waals surface area contributed by atoms with Crippen molar-refractivity contribution >= 4 is 46.0 Å². The first kappa shape index (κ1) is 19.2. The molecular formula is C17H19N4O5S2-. The third kappa shape index (κ3) is 2.80. The van der Waals surface area contributed by atoms with Crippen molar-refractivity contribution in [2.45, 2.75) is 31.2 Å². The molecule has 150 valence electrons. The predicted octanol–water partition coefficient (Wildman–Crippen LogP) is -1.02. The van der Waals surface area contributed by atoms with Gasteiger partial charge >= 0.3 is 0 Å². The van der Waals surface area contributed by atoms with Crippen molar-refractivity contribution in [3.63, 3.8) is 0 Å². The van der Waals surface area contributed by atoms with Gasteiger partial charge in [0.05, 0.1) is 29.7 Å². The molecule has 11 heteroatoms. The van der Waals surface area contributed by atoms with Gasteiger partial charge in [0.15, 0.2) is 5.13 Å². The summed E-state index contributed by atoms with van der Waals surface area (Å²) in [5.74, 6) is -3.05. The van der Waals surface area contributed by atoms with Gasteiger partial charge in [-0.15, -0.1) is 23.1 Å². The van der Waals surface area contributed by atoms with Gasteiger partial charge in [-0.05, 0) is 6.92 Å². The van der Waals surface area contributed by atoms with E-state index in [9.17, 15) is 24.6 Å². The second kappa shape index (κ2) is 6.75. The number of thiazole rings is 1. The summed E-state index contributed by atoms with van der Waals surface area (Å²) in [4.78, 5) is 43.3. The summed E-state index contributed by atoms with van der Waals surface area (Å²) in [5.41, 5.74) is 5.39. The van der Waals surface area contributed by atoms with E-state index in [1.54, 1.807) is 12.3 Å². The summed E-state index contributed by atoms with van der Waals surface area (Å²) in [7, 11) is 0. The van der Waals surface area contributed by atoms with Crippen LogP contribution >= 0.6 is 23.1 Å². The number of nitrogens with two attached hydrogens (primary N) is 1. The predicted molar refractivity (Wildman–Crippen MR) is 101 cm³/mol. The molecule has 4 atom stereocenters. The lowest BCUT2D eigenvalue weighted by molar-refractivity contribution is -0.301. The number of carbonyl (C=O) groups is 3. The van der Waals surface area contributed by atoms with E-state index < -0.39 is 23.9 Å². The van der Waals surface area contributed by atoms with E-state index in [4.69, 9.17) is 5.73 Å². The zero-order chi connectivity index (χ0) is 20.3. The molecule has 3 aliphatic heterocycles. The molecule has 4 rings (SSSR count). The van der Waals surface area contributed by atoms with Crippen LogP contribution in [0.3, 0.4) is 0 Å². The van der Waals surface area contributed by atoms with Gasteiger partial charge in [0.25, 0.3) is 5.91 Å². The molecule has 2 amide bonds. The van der Waals surface area contributed by atoms with Crippen molar-refractivity contribution in [1.29, 1.82) is 0 Å². The first-order valence-electron chi connectivity index (χ1n) is 8.84. The summed E-state index contributed by atoms with van der Waals surface area (Å²) in [6, 6.07) is -0.337. The first-order chi connectivity index (χ1) is 13.2. The molecule has 2 fully saturated rings. The van der Waals surface area contributed by atoms with Crippen molar-refractivity contribution in [3.8, 4) is 0 Å². The molecule has 0 aliphatic carbocycles. The van der Waals surface area contributed by atoms with E-state index in [1.807, 2.05) is 11.8 Å². The number of aliphatic hydroxyl groups is 1. The Labute approximate surface area is 169 Å². The molecule has 4 heterocycles. The lowest BCUT2D eigenvalue weighted by Crippen LogP contribution is -2.64. The minimum absolute atomic E-state index is 0.0619. The number of carboxylic acids is 1. The van der Waals surface area contributed by atoms with Crippen molar-refractivity contribution < 1.29 is 24.6 Å². The average molecular weight is 423 g/mol. The average Bonchev–Trinajstić information content (AvgIpc) is 3.13. The zero-order valence-electron chi connectivity index (χ0n) is 15.2. The minimum Gasteiger partial charge on any atom is -0.543 e. The number of amides is 2. The molecule has 0 aromatic carbocycles. The zero-order valence-corrected chi connectivity index (χ0v) is 16.8. The minimum atomic E-state index is -1.36. The fourth-order valence-corrected chi connectivity index (χ4v) is 6.39. The van der Waals surface area contributed by atoms with Crippen LogP contribution in [0.1, 0.15) is 24.3 Å². The van der Waals surface area contributed by atoms with Gasteiger partial charge in [0.2, 0.25) is 5.91 Å². The van der Waals surface area contributed by atoms with E-state index in [0.29, 0.717) is 23.1 Å². The molecule has 1 aromatic rings. The van der Waals surface area contributed by atoms with Crippen LogP contribution in [0.5, 0.6) is 0 Å². The molecular weight excluding hydrogens is 404 g/mol. The molecule has 3 aliphatic rings. The standard InChI is InChI=1S/C17H20N4O5S2/c1-6-11-10(7(2)22)15(24)21(11)12(16(25)26)13(6)28-8-3-20(4-8)17-19-9(5-27-17)14(18)23/h5-8,10-11,22H,3-4H2,1-2H3,(H2,18,23)(H,25,26)/p-1/t6-,7-,10-,11-/m1/s1. The molecule has 0 bridgehead atoms. The highest BCUT2D eigenvalue weighted by Gasteiger charge is 2.59. The van der Waals surface area contributed by atoms with E-state index in [-0.39, 0.29) is 34.5 Å². The molecule has 0 unspecified atom stereocenters. The van der Waals surface area contributed by atoms with Gasteiger partial charge < -0.3 is 30.5 Å². The summed E-state index contributed by atoms with van der Waals surface area (Å²) < 4.78 is 0. The fraction of sp³-hybridized carbons (Fsp3) is 0.529. The third-order valence-corrected chi connectivity index (χ3v) is 7.81. The molecule has 0 radical (unpaired) electrons. The fourth-order valence-electron chi connectivity index (χ4n) is 4.04. The molecule has 0 saturated carbocycles. The van der Waals surface area contributed by atoms with E-state index in [1.165, 1.54) is 28.0 Å². The van der Waals surface area contributed by atoms with E-state index in [2.05, 4.69) is 4.98 Å². The number of thioether (sulfide) groups is 1. The number of anilines is 1. The SMILES string of the molecule is C[C@@H](O)[C@H]1C(=O)N2C(C(=O)[O-])=C(SC3CN(c4nc(C(N)=O)cs4)C3)[C@H](C)[C@H]12. The monoisotopic (exact) mass is 423 g/mol. The summed E-state index contributed by atoms with van der Waals surface area (Å²) in [5, 5.41) is 24.0. The van der Waals surface area contributed by atoms with Crippen LogP contribution in [0.15, 0.2) is 16.0 Å². The number of hydrogen-bond acceptors (Lipinski definition) is 9. The van der Waals surface area contributed by atoms with Gasteiger partial charge in [-0.25, -0.2) is 4.98 Å². The van der Waals surface area contributed by atoms with Crippen LogP contribution in [-0.4, -0.2) is 63.3 Å². The maximum absolute atomic E-state index is 12.3. The number of hydrogen-bond donors (Lipinski definition) is 2. The maximum atomic E-state index is 12.3. The Hall–Kier alpha value is -2.11. The number of β-lactam (4-membered cyclic amide) rings is 1. The number of nitrogens with zero attached hydrogens (tertiary/aromatic N) is 3. The second-order valence-electron chi connectivity index (χ2n) is 7.28. The highest BCUT2D eigenvalue weighted by molar-refractivity contribution is 8.03. The largest absolute Gasteiger partial charge is 0.543 e. The number of aliphatic carboxylic acids is 1. The van der Waals surface area contributed by atoms with Crippen LogP contribution in [-0.2, 0) is 9.59 Å². The highest BCUT2D eigenvalue weighted by Crippen LogP contribution is 2.51. The van der Waals surface area contributed by atoms with Crippen LogP contribution in [0, 0.1) is 11.8 Å². The Morgan fingerprint density at radius 1 is 1.46 bits per heavy atom. The Morgan fingerprint density at radius 3 is 2.68 bits per heavy atom. The van der Waals surface area contributed by atoms with Crippen LogP contribution in [0.4, 0.5) is 5.13 Å². The Kier molecular flexibility index (Phi) is 4.63. The lowest BCUT2D eigenvalue weighted by Gasteiger charge is -2.47. The summed E-state index contributed by atoms with van der Waals surface area (Å²) in [6.45, 7) is 4.72. The maximum Gasteiger partial charge on any atom is 0.268 e. The van der Waals surface area contributed by atoms with Gasteiger partial charge in [-0.1, -0.05) is 6.92 Å². The van der Waals surface area contributed by atoms with Crippen molar-refractivity contribution in [2.75, 3.05) is 18.0 Å². The first-order valence-corrected chi connectivity index (χ1v) is 10.6. The number of aromatic nitrogens is 1. The quantitative estimate of drug-likeness (QED) is 0.554.